The molecule has 1 heterocycles. The van der Waals surface area contributed by atoms with Gasteiger partial charge in [-0.05, 0) is 65.2 Å². The maximum absolute atomic E-state index is 8.05. The Bertz CT molecular complexity index is 1150. The normalized spacial score (nSPS) is 11.2. The van der Waals surface area contributed by atoms with Gasteiger partial charge in [-0.3, -0.25) is 5.41 Å². The second-order valence-electron chi connectivity index (χ2n) is 6.70. The van der Waals surface area contributed by atoms with Crippen molar-refractivity contribution in [3.05, 3.63) is 95.7 Å². The number of fused-ring (bicyclic) bond motifs is 1. The second-order valence-corrected chi connectivity index (χ2v) is 7.14. The van der Waals surface area contributed by atoms with Gasteiger partial charge in [0.25, 0.3) is 0 Å². The number of anilines is 1. The molecule has 28 heavy (non-hydrogen) atoms. The number of hydrogen-bond acceptors (Lipinski definition) is 1. The summed E-state index contributed by atoms with van der Waals surface area (Å²) in [4.78, 5) is 0. The van der Waals surface area contributed by atoms with Crippen LogP contribution in [0.2, 0.25) is 5.02 Å². The van der Waals surface area contributed by atoms with E-state index in [-0.39, 0.29) is 0 Å². The average molecular weight is 386 g/mol. The fourth-order valence-electron chi connectivity index (χ4n) is 3.16. The molecule has 0 aliphatic carbocycles. The molecule has 138 valence electrons. The Kier molecular flexibility index (Phi) is 5.00. The minimum Gasteiger partial charge on any atom is -0.351 e. The van der Waals surface area contributed by atoms with Gasteiger partial charge in [0.2, 0.25) is 0 Å². The standard InChI is InChI=1S/C24H20ClN3/c1-28-15-14-20-16-19(7-12-23(20)28)18-5-2-17(3-6-18)4-13-24(26)27-22-10-8-21(25)9-11-22/h2-16H,1H3,(H2,26,27)/b13-4-. The first-order valence-corrected chi connectivity index (χ1v) is 9.41. The molecule has 1 aromatic heterocycles. The zero-order valence-electron chi connectivity index (χ0n) is 15.5. The molecule has 0 amide bonds. The van der Waals surface area contributed by atoms with E-state index >= 15 is 0 Å². The summed E-state index contributed by atoms with van der Waals surface area (Å²) in [6.07, 6.45) is 5.75. The molecule has 0 spiro atoms. The molecule has 0 aliphatic rings. The number of amidine groups is 1. The highest BCUT2D eigenvalue weighted by molar-refractivity contribution is 6.30. The number of nitrogens with zero attached hydrogens (tertiary/aromatic N) is 1. The summed E-state index contributed by atoms with van der Waals surface area (Å²) in [6.45, 7) is 0. The molecule has 4 heteroatoms. The molecular formula is C24H20ClN3. The van der Waals surface area contributed by atoms with Gasteiger partial charge in [-0.15, -0.1) is 0 Å². The lowest BCUT2D eigenvalue weighted by Gasteiger charge is -2.05. The predicted octanol–water partition coefficient (Wildman–Crippen LogP) is 6.60. The Labute approximate surface area is 169 Å². The number of aromatic nitrogens is 1. The van der Waals surface area contributed by atoms with Crippen molar-refractivity contribution in [3.8, 4) is 11.1 Å². The molecule has 2 N–H and O–H groups in total. The Morgan fingerprint density at radius 3 is 2.39 bits per heavy atom. The third kappa shape index (κ3) is 4.00. The van der Waals surface area contributed by atoms with Crippen LogP contribution >= 0.6 is 11.6 Å². The number of benzene rings is 3. The highest BCUT2D eigenvalue weighted by Gasteiger charge is 2.02. The molecule has 0 fully saturated rings. The summed E-state index contributed by atoms with van der Waals surface area (Å²) in [6, 6.07) is 24.3. The van der Waals surface area contributed by atoms with E-state index < -0.39 is 0 Å². The molecule has 0 bridgehead atoms. The summed E-state index contributed by atoms with van der Waals surface area (Å²) in [7, 11) is 2.06. The highest BCUT2D eigenvalue weighted by Crippen LogP contribution is 2.25. The lowest BCUT2D eigenvalue weighted by Crippen LogP contribution is -2.06. The van der Waals surface area contributed by atoms with Gasteiger partial charge in [-0.1, -0.05) is 48.0 Å². The third-order valence-corrected chi connectivity index (χ3v) is 4.95. The Hall–Kier alpha value is -3.30. The van der Waals surface area contributed by atoms with Gasteiger partial charge in [0, 0.05) is 34.9 Å². The first kappa shape index (κ1) is 18.1. The fourth-order valence-corrected chi connectivity index (χ4v) is 3.28. The van der Waals surface area contributed by atoms with Crippen LogP contribution in [-0.4, -0.2) is 10.4 Å². The number of nitrogens with one attached hydrogen (secondary N) is 2. The van der Waals surface area contributed by atoms with Crippen molar-refractivity contribution in [1.82, 2.24) is 4.57 Å². The first-order valence-electron chi connectivity index (χ1n) is 9.03. The zero-order valence-corrected chi connectivity index (χ0v) is 16.2. The molecule has 0 unspecified atom stereocenters. The van der Waals surface area contributed by atoms with Gasteiger partial charge in [0.05, 0.1) is 0 Å². The van der Waals surface area contributed by atoms with Gasteiger partial charge in [-0.2, -0.15) is 0 Å². The van der Waals surface area contributed by atoms with Crippen LogP contribution < -0.4 is 5.32 Å². The Morgan fingerprint density at radius 2 is 1.64 bits per heavy atom. The van der Waals surface area contributed by atoms with Crippen molar-refractivity contribution in [2.75, 3.05) is 5.32 Å². The number of aryl methyl sites for hydroxylation is 1. The smallest absolute Gasteiger partial charge is 0.122 e. The predicted molar refractivity (Wildman–Crippen MR) is 120 cm³/mol. The number of hydrogen-bond donors (Lipinski definition) is 2. The van der Waals surface area contributed by atoms with E-state index in [0.717, 1.165) is 11.3 Å². The van der Waals surface area contributed by atoms with E-state index in [4.69, 9.17) is 17.0 Å². The van der Waals surface area contributed by atoms with E-state index in [1.807, 2.05) is 18.2 Å². The van der Waals surface area contributed by atoms with Crippen LogP contribution in [0.15, 0.2) is 85.1 Å². The van der Waals surface area contributed by atoms with E-state index in [2.05, 4.69) is 71.7 Å². The quantitative estimate of drug-likeness (QED) is 0.301. The van der Waals surface area contributed by atoms with Crippen LogP contribution in [0, 0.1) is 5.41 Å². The van der Waals surface area contributed by atoms with Gasteiger partial charge in [0.1, 0.15) is 5.84 Å². The van der Waals surface area contributed by atoms with Crippen LogP contribution in [0.4, 0.5) is 5.69 Å². The van der Waals surface area contributed by atoms with Crippen molar-refractivity contribution in [2.45, 2.75) is 0 Å². The van der Waals surface area contributed by atoms with Gasteiger partial charge < -0.3 is 9.88 Å². The molecule has 3 nitrogen and oxygen atoms in total. The maximum Gasteiger partial charge on any atom is 0.122 e. The van der Waals surface area contributed by atoms with E-state index in [1.165, 1.54) is 22.0 Å². The van der Waals surface area contributed by atoms with Crippen LogP contribution in [0.25, 0.3) is 28.1 Å². The summed E-state index contributed by atoms with van der Waals surface area (Å²) >= 11 is 5.88. The first-order chi connectivity index (χ1) is 13.6. The molecule has 3 aromatic carbocycles. The Morgan fingerprint density at radius 1 is 0.929 bits per heavy atom. The van der Waals surface area contributed by atoms with Crippen LogP contribution in [0.3, 0.4) is 0 Å². The van der Waals surface area contributed by atoms with Crippen molar-refractivity contribution in [1.29, 1.82) is 5.41 Å². The van der Waals surface area contributed by atoms with E-state index in [9.17, 15) is 0 Å². The minimum absolute atomic E-state index is 0.320. The molecule has 0 aliphatic heterocycles. The molecular weight excluding hydrogens is 366 g/mol. The Balaban J connectivity index is 1.45. The number of halogens is 1. The van der Waals surface area contributed by atoms with Gasteiger partial charge >= 0.3 is 0 Å². The zero-order chi connectivity index (χ0) is 19.5. The molecule has 4 aromatic rings. The van der Waals surface area contributed by atoms with Crippen molar-refractivity contribution >= 4 is 40.1 Å². The molecule has 4 rings (SSSR count). The largest absolute Gasteiger partial charge is 0.351 e. The van der Waals surface area contributed by atoms with Crippen LogP contribution in [0.5, 0.6) is 0 Å². The lowest BCUT2D eigenvalue weighted by atomic mass is 10.0. The molecule has 0 saturated heterocycles. The SMILES string of the molecule is Cn1ccc2cc(-c3ccc(/C=C\C(=N)Nc4ccc(Cl)cc4)cc3)ccc21. The summed E-state index contributed by atoms with van der Waals surface area (Å²) in [5.41, 5.74) is 5.50. The third-order valence-electron chi connectivity index (χ3n) is 4.69. The lowest BCUT2D eigenvalue weighted by molar-refractivity contribution is 0.969. The average Bonchev–Trinajstić information content (AvgIpc) is 3.09. The minimum atomic E-state index is 0.320. The molecule has 0 saturated carbocycles. The number of rotatable bonds is 4. The van der Waals surface area contributed by atoms with Crippen molar-refractivity contribution < 1.29 is 0 Å². The highest BCUT2D eigenvalue weighted by atomic mass is 35.5. The summed E-state index contributed by atoms with van der Waals surface area (Å²) < 4.78 is 2.13. The summed E-state index contributed by atoms with van der Waals surface area (Å²) in [5.74, 6) is 0.320. The molecule has 0 atom stereocenters. The maximum atomic E-state index is 8.05. The second kappa shape index (κ2) is 7.75. The fraction of sp³-hybridized carbons (Fsp3) is 0.0417. The molecule has 0 radical (unpaired) electrons. The van der Waals surface area contributed by atoms with Gasteiger partial charge in [0.15, 0.2) is 0 Å². The summed E-state index contributed by atoms with van der Waals surface area (Å²) in [5, 5.41) is 13.0. The van der Waals surface area contributed by atoms with E-state index in [1.54, 1.807) is 18.2 Å². The van der Waals surface area contributed by atoms with E-state index in [0.29, 0.717) is 10.9 Å². The van der Waals surface area contributed by atoms with Crippen molar-refractivity contribution in [3.63, 3.8) is 0 Å². The van der Waals surface area contributed by atoms with Crippen molar-refractivity contribution in [2.24, 2.45) is 7.05 Å². The van der Waals surface area contributed by atoms with Crippen LogP contribution in [0.1, 0.15) is 5.56 Å². The topological polar surface area (TPSA) is 40.8 Å². The van der Waals surface area contributed by atoms with Gasteiger partial charge in [-0.25, -0.2) is 0 Å². The monoisotopic (exact) mass is 385 g/mol. The van der Waals surface area contributed by atoms with Crippen LogP contribution in [-0.2, 0) is 7.05 Å².